The van der Waals surface area contributed by atoms with Crippen molar-refractivity contribution in [3.05, 3.63) is 20.1 Å². The van der Waals surface area contributed by atoms with Gasteiger partial charge in [-0.05, 0) is 17.6 Å². The molecule has 1 heterocycles. The average molecular weight is 252 g/mol. The largest absolute Gasteiger partial charge is 0.392 e. The highest BCUT2D eigenvalue weighted by Gasteiger charge is 2.08. The Morgan fingerprint density at radius 2 is 2.21 bits per heavy atom. The van der Waals surface area contributed by atoms with Crippen LogP contribution in [0.2, 0.25) is 9.62 Å². The standard InChI is InChI=1S/C9H11Cl2NOS/c1-5(2)6(4-13)3-7-8(10)12-9(11)14-7/h3,5,13H,4H2,1-2H3/b6-3+. The van der Waals surface area contributed by atoms with E-state index in [9.17, 15) is 0 Å². The normalized spacial score (nSPS) is 12.6. The highest BCUT2D eigenvalue weighted by molar-refractivity contribution is 7.17. The van der Waals surface area contributed by atoms with Gasteiger partial charge in [0, 0.05) is 0 Å². The lowest BCUT2D eigenvalue weighted by Crippen LogP contribution is -1.98. The van der Waals surface area contributed by atoms with Crippen LogP contribution in [0, 0.1) is 5.92 Å². The zero-order valence-corrected chi connectivity index (χ0v) is 10.2. The molecule has 0 amide bonds. The third-order valence-corrected chi connectivity index (χ3v) is 3.33. The van der Waals surface area contributed by atoms with Crippen molar-refractivity contribution in [2.75, 3.05) is 6.61 Å². The number of thiazole rings is 1. The van der Waals surface area contributed by atoms with E-state index in [-0.39, 0.29) is 12.5 Å². The minimum atomic E-state index is 0.0313. The van der Waals surface area contributed by atoms with E-state index in [2.05, 4.69) is 4.98 Å². The minimum absolute atomic E-state index is 0.0313. The Bertz CT molecular complexity index is 347. The van der Waals surface area contributed by atoms with Gasteiger partial charge in [0.2, 0.25) is 0 Å². The first-order valence-corrected chi connectivity index (χ1v) is 5.75. The van der Waals surface area contributed by atoms with Crippen LogP contribution in [0.4, 0.5) is 0 Å². The van der Waals surface area contributed by atoms with Crippen LogP contribution in [-0.4, -0.2) is 16.7 Å². The summed E-state index contributed by atoms with van der Waals surface area (Å²) in [7, 11) is 0. The van der Waals surface area contributed by atoms with Gasteiger partial charge in [0.25, 0.3) is 0 Å². The second kappa shape index (κ2) is 5.12. The predicted molar refractivity (Wildman–Crippen MR) is 62.0 cm³/mol. The summed E-state index contributed by atoms with van der Waals surface area (Å²) in [5, 5.41) is 9.49. The number of aliphatic hydroxyl groups excluding tert-OH is 1. The van der Waals surface area contributed by atoms with Crippen LogP contribution in [0.1, 0.15) is 18.7 Å². The number of rotatable bonds is 3. The van der Waals surface area contributed by atoms with E-state index in [1.165, 1.54) is 11.3 Å². The molecule has 0 saturated heterocycles. The van der Waals surface area contributed by atoms with Crippen LogP contribution >= 0.6 is 34.5 Å². The second-order valence-electron chi connectivity index (χ2n) is 3.15. The molecule has 0 aliphatic rings. The van der Waals surface area contributed by atoms with Crippen molar-refractivity contribution in [2.45, 2.75) is 13.8 Å². The molecule has 1 aromatic heterocycles. The summed E-state index contributed by atoms with van der Waals surface area (Å²) in [5.41, 5.74) is 0.923. The number of nitrogens with zero attached hydrogens (tertiary/aromatic N) is 1. The zero-order chi connectivity index (χ0) is 10.7. The molecule has 0 saturated carbocycles. The van der Waals surface area contributed by atoms with Crippen LogP contribution in [0.3, 0.4) is 0 Å². The first-order valence-electron chi connectivity index (χ1n) is 4.17. The number of hydrogen-bond acceptors (Lipinski definition) is 3. The van der Waals surface area contributed by atoms with Crippen molar-refractivity contribution < 1.29 is 5.11 Å². The Kier molecular flexibility index (Phi) is 4.38. The Morgan fingerprint density at radius 3 is 2.57 bits per heavy atom. The van der Waals surface area contributed by atoms with E-state index in [0.29, 0.717) is 9.62 Å². The van der Waals surface area contributed by atoms with Crippen molar-refractivity contribution >= 4 is 40.6 Å². The molecule has 1 N–H and O–H groups in total. The summed E-state index contributed by atoms with van der Waals surface area (Å²) >= 11 is 12.9. The topological polar surface area (TPSA) is 33.1 Å². The second-order valence-corrected chi connectivity index (χ2v) is 5.12. The van der Waals surface area contributed by atoms with Gasteiger partial charge in [-0.2, -0.15) is 0 Å². The van der Waals surface area contributed by atoms with E-state index in [1.807, 2.05) is 19.9 Å². The molecule has 0 aromatic carbocycles. The fourth-order valence-corrected chi connectivity index (χ4v) is 2.28. The van der Waals surface area contributed by atoms with Gasteiger partial charge in [0.05, 0.1) is 11.5 Å². The maximum Gasteiger partial charge on any atom is 0.185 e. The fourth-order valence-electron chi connectivity index (χ4n) is 0.940. The lowest BCUT2D eigenvalue weighted by atomic mass is 10.0. The van der Waals surface area contributed by atoms with Crippen LogP contribution in [0.15, 0.2) is 5.57 Å². The third-order valence-electron chi connectivity index (χ3n) is 1.82. The number of aliphatic hydroxyl groups is 1. The van der Waals surface area contributed by atoms with Crippen LogP contribution in [0.5, 0.6) is 0 Å². The maximum absolute atomic E-state index is 9.10. The lowest BCUT2D eigenvalue weighted by molar-refractivity contribution is 0.320. The number of aromatic nitrogens is 1. The predicted octanol–water partition coefficient (Wildman–Crippen LogP) is 3.48. The minimum Gasteiger partial charge on any atom is -0.392 e. The molecule has 5 heteroatoms. The van der Waals surface area contributed by atoms with Gasteiger partial charge >= 0.3 is 0 Å². The molecule has 0 aliphatic carbocycles. The molecular weight excluding hydrogens is 241 g/mol. The molecule has 0 aliphatic heterocycles. The molecular formula is C9H11Cl2NOS. The third kappa shape index (κ3) is 2.95. The Labute approximate surface area is 97.2 Å². The van der Waals surface area contributed by atoms with E-state index >= 15 is 0 Å². The van der Waals surface area contributed by atoms with Gasteiger partial charge in [-0.15, -0.1) is 11.3 Å². The summed E-state index contributed by atoms with van der Waals surface area (Å²) in [6.45, 7) is 4.06. The van der Waals surface area contributed by atoms with Crippen molar-refractivity contribution in [3.8, 4) is 0 Å². The van der Waals surface area contributed by atoms with Crippen LogP contribution < -0.4 is 0 Å². The lowest BCUT2D eigenvalue weighted by Gasteiger charge is -2.06. The summed E-state index contributed by atoms with van der Waals surface area (Å²) < 4.78 is 0.419. The van der Waals surface area contributed by atoms with Crippen LogP contribution in [-0.2, 0) is 0 Å². The van der Waals surface area contributed by atoms with Gasteiger partial charge in [-0.3, -0.25) is 0 Å². The molecule has 14 heavy (non-hydrogen) atoms. The number of hydrogen-bond donors (Lipinski definition) is 1. The average Bonchev–Trinajstić information content (AvgIpc) is 2.40. The van der Waals surface area contributed by atoms with E-state index in [1.54, 1.807) is 0 Å². The van der Waals surface area contributed by atoms with Gasteiger partial charge in [0.15, 0.2) is 4.47 Å². The molecule has 2 nitrogen and oxygen atoms in total. The first kappa shape index (κ1) is 12.0. The van der Waals surface area contributed by atoms with Crippen molar-refractivity contribution in [3.63, 3.8) is 0 Å². The fraction of sp³-hybridized carbons (Fsp3) is 0.444. The monoisotopic (exact) mass is 251 g/mol. The molecule has 1 rings (SSSR count). The first-order chi connectivity index (χ1) is 6.54. The van der Waals surface area contributed by atoms with E-state index in [0.717, 1.165) is 10.5 Å². The highest BCUT2D eigenvalue weighted by Crippen LogP contribution is 2.29. The van der Waals surface area contributed by atoms with Gasteiger partial charge < -0.3 is 5.11 Å². The van der Waals surface area contributed by atoms with Gasteiger partial charge in [-0.1, -0.05) is 37.0 Å². The molecule has 0 bridgehead atoms. The zero-order valence-electron chi connectivity index (χ0n) is 7.92. The summed E-state index contributed by atoms with van der Waals surface area (Å²) in [4.78, 5) is 4.68. The Morgan fingerprint density at radius 1 is 1.57 bits per heavy atom. The Hall–Kier alpha value is -0.0900. The van der Waals surface area contributed by atoms with Gasteiger partial charge in [0.1, 0.15) is 5.15 Å². The van der Waals surface area contributed by atoms with Crippen LogP contribution in [0.25, 0.3) is 6.08 Å². The number of halogens is 2. The highest BCUT2D eigenvalue weighted by atomic mass is 35.5. The maximum atomic E-state index is 9.10. The molecule has 78 valence electrons. The molecule has 0 fully saturated rings. The molecule has 0 spiro atoms. The van der Waals surface area contributed by atoms with Crippen molar-refractivity contribution in [1.29, 1.82) is 0 Å². The summed E-state index contributed by atoms with van der Waals surface area (Å²) in [5.74, 6) is 0.289. The quantitative estimate of drug-likeness (QED) is 0.893. The Balaban J connectivity index is 3.00. The molecule has 0 atom stereocenters. The van der Waals surface area contributed by atoms with Gasteiger partial charge in [-0.25, -0.2) is 4.98 Å². The molecule has 0 radical (unpaired) electrons. The molecule has 1 aromatic rings. The SMILES string of the molecule is CC(C)/C(=C/c1sc(Cl)nc1Cl)CO. The van der Waals surface area contributed by atoms with E-state index < -0.39 is 0 Å². The smallest absolute Gasteiger partial charge is 0.185 e. The van der Waals surface area contributed by atoms with Crippen molar-refractivity contribution in [2.24, 2.45) is 5.92 Å². The molecule has 0 unspecified atom stereocenters. The van der Waals surface area contributed by atoms with E-state index in [4.69, 9.17) is 28.3 Å². The van der Waals surface area contributed by atoms with Crippen molar-refractivity contribution in [1.82, 2.24) is 4.98 Å². The summed E-state index contributed by atoms with van der Waals surface area (Å²) in [6.07, 6.45) is 1.84. The summed E-state index contributed by atoms with van der Waals surface area (Å²) in [6, 6.07) is 0.